The molecule has 0 aromatic heterocycles. The topological polar surface area (TPSA) is 111 Å². The zero-order valence-electron chi connectivity index (χ0n) is 13.8. The van der Waals surface area contributed by atoms with Crippen molar-refractivity contribution < 1.29 is 19.2 Å². The Labute approximate surface area is 154 Å². The summed E-state index contributed by atoms with van der Waals surface area (Å²) in [6.07, 6.45) is 0.345. The van der Waals surface area contributed by atoms with Gasteiger partial charge in [0.1, 0.15) is 5.75 Å². The Morgan fingerprint density at radius 2 is 1.92 bits per heavy atom. The molecule has 9 heteroatoms. The van der Waals surface area contributed by atoms with Crippen LogP contribution in [-0.4, -0.2) is 23.3 Å². The van der Waals surface area contributed by atoms with Crippen molar-refractivity contribution in [2.24, 2.45) is 0 Å². The van der Waals surface area contributed by atoms with Crippen molar-refractivity contribution in [1.82, 2.24) is 0 Å². The lowest BCUT2D eigenvalue weighted by Crippen LogP contribution is -2.20. The van der Waals surface area contributed by atoms with Gasteiger partial charge in [0, 0.05) is 30.3 Å². The van der Waals surface area contributed by atoms with Crippen LogP contribution in [-0.2, 0) is 9.59 Å². The number of benzene rings is 2. The molecule has 0 unspecified atom stereocenters. The molecule has 2 aromatic carbocycles. The van der Waals surface area contributed by atoms with E-state index in [0.717, 1.165) is 0 Å². The van der Waals surface area contributed by atoms with E-state index in [4.69, 9.17) is 16.3 Å². The molecular formula is C17H16ClN3O5. The molecule has 2 N–H and O–H groups in total. The van der Waals surface area contributed by atoms with Crippen molar-refractivity contribution in [2.75, 3.05) is 17.2 Å². The number of ether oxygens (including phenoxy) is 1. The number of halogens is 1. The van der Waals surface area contributed by atoms with Gasteiger partial charge in [-0.25, -0.2) is 0 Å². The summed E-state index contributed by atoms with van der Waals surface area (Å²) in [6.45, 7) is 1.41. The van der Waals surface area contributed by atoms with Crippen LogP contribution in [0.4, 0.5) is 17.1 Å². The molecule has 0 radical (unpaired) electrons. The summed E-state index contributed by atoms with van der Waals surface area (Å²) in [6, 6.07) is 10.3. The van der Waals surface area contributed by atoms with E-state index >= 15 is 0 Å². The zero-order chi connectivity index (χ0) is 19.1. The van der Waals surface area contributed by atoms with Crippen LogP contribution >= 0.6 is 11.6 Å². The molecule has 0 aliphatic carbocycles. The zero-order valence-corrected chi connectivity index (χ0v) is 14.6. The van der Waals surface area contributed by atoms with Gasteiger partial charge in [0.05, 0.1) is 15.6 Å². The second kappa shape index (κ2) is 8.82. The van der Waals surface area contributed by atoms with E-state index in [1.54, 1.807) is 31.2 Å². The Kier molecular flexibility index (Phi) is 6.51. The molecule has 0 bridgehead atoms. The third-order valence-electron chi connectivity index (χ3n) is 3.24. The normalized spacial score (nSPS) is 10.1. The molecule has 0 heterocycles. The van der Waals surface area contributed by atoms with E-state index in [-0.39, 0.29) is 28.9 Å². The number of hydrogen-bond acceptors (Lipinski definition) is 5. The molecule has 2 amide bonds. The average molecular weight is 378 g/mol. The SMILES string of the molecule is CCC(=O)Nc1cccc(OCC(=O)Nc2cc([N+](=O)[O-])ccc2Cl)c1. The Morgan fingerprint density at radius 3 is 2.62 bits per heavy atom. The monoisotopic (exact) mass is 377 g/mol. The van der Waals surface area contributed by atoms with E-state index in [1.165, 1.54) is 18.2 Å². The second-order valence-corrected chi connectivity index (χ2v) is 5.59. The Morgan fingerprint density at radius 1 is 1.15 bits per heavy atom. The molecule has 0 atom stereocenters. The highest BCUT2D eigenvalue weighted by atomic mass is 35.5. The predicted octanol–water partition coefficient (Wildman–Crippen LogP) is 3.61. The highest BCUT2D eigenvalue weighted by Gasteiger charge is 2.12. The summed E-state index contributed by atoms with van der Waals surface area (Å²) >= 11 is 5.93. The third-order valence-corrected chi connectivity index (χ3v) is 3.57. The fraction of sp³-hybridized carbons (Fsp3) is 0.176. The Bertz CT molecular complexity index is 841. The van der Waals surface area contributed by atoms with Crippen LogP contribution < -0.4 is 15.4 Å². The number of nitrogens with one attached hydrogen (secondary N) is 2. The number of nitro groups is 1. The molecule has 0 aliphatic rings. The van der Waals surface area contributed by atoms with Gasteiger partial charge in [-0.05, 0) is 18.2 Å². The molecule has 2 aromatic rings. The minimum Gasteiger partial charge on any atom is -0.484 e. The molecular weight excluding hydrogens is 362 g/mol. The second-order valence-electron chi connectivity index (χ2n) is 5.19. The van der Waals surface area contributed by atoms with Crippen molar-refractivity contribution in [3.8, 4) is 5.75 Å². The number of anilines is 2. The number of amides is 2. The largest absolute Gasteiger partial charge is 0.484 e. The van der Waals surface area contributed by atoms with Gasteiger partial charge in [-0.1, -0.05) is 24.6 Å². The summed E-state index contributed by atoms with van der Waals surface area (Å²) in [4.78, 5) is 33.6. The van der Waals surface area contributed by atoms with E-state index in [9.17, 15) is 19.7 Å². The van der Waals surface area contributed by atoms with Gasteiger partial charge in [-0.2, -0.15) is 0 Å². The summed E-state index contributed by atoms with van der Waals surface area (Å²) in [7, 11) is 0. The molecule has 0 aliphatic heterocycles. The van der Waals surface area contributed by atoms with Crippen molar-refractivity contribution in [3.05, 3.63) is 57.6 Å². The van der Waals surface area contributed by atoms with Gasteiger partial charge in [0.2, 0.25) is 5.91 Å². The van der Waals surface area contributed by atoms with Crippen molar-refractivity contribution in [1.29, 1.82) is 0 Å². The van der Waals surface area contributed by atoms with Gasteiger partial charge >= 0.3 is 0 Å². The summed E-state index contributed by atoms with van der Waals surface area (Å²) < 4.78 is 5.37. The first kappa shape index (κ1) is 19.2. The average Bonchev–Trinajstić information content (AvgIpc) is 2.62. The summed E-state index contributed by atoms with van der Waals surface area (Å²) in [5.74, 6) is -0.283. The third kappa shape index (κ3) is 5.45. The number of nitrogens with zero attached hydrogens (tertiary/aromatic N) is 1. The highest BCUT2D eigenvalue weighted by molar-refractivity contribution is 6.33. The summed E-state index contributed by atoms with van der Waals surface area (Å²) in [5, 5.41) is 16.1. The molecule has 26 heavy (non-hydrogen) atoms. The van der Waals surface area contributed by atoms with Gasteiger partial charge in [0.25, 0.3) is 11.6 Å². The fourth-order valence-electron chi connectivity index (χ4n) is 1.97. The van der Waals surface area contributed by atoms with E-state index in [2.05, 4.69) is 10.6 Å². The maximum absolute atomic E-state index is 12.0. The minimum absolute atomic E-state index is 0.124. The van der Waals surface area contributed by atoms with Gasteiger partial charge in [0.15, 0.2) is 6.61 Å². The molecule has 0 spiro atoms. The van der Waals surface area contributed by atoms with Gasteiger partial charge < -0.3 is 15.4 Å². The first-order valence-electron chi connectivity index (χ1n) is 7.65. The molecule has 0 saturated heterocycles. The van der Waals surface area contributed by atoms with Crippen molar-refractivity contribution >= 4 is 40.5 Å². The number of hydrogen-bond donors (Lipinski definition) is 2. The number of carbonyl (C=O) groups excluding carboxylic acids is 2. The van der Waals surface area contributed by atoms with Crippen LogP contribution in [0.2, 0.25) is 5.02 Å². The van der Waals surface area contributed by atoms with Crippen LogP contribution in [0.3, 0.4) is 0 Å². The van der Waals surface area contributed by atoms with Crippen LogP contribution in [0.25, 0.3) is 0 Å². The smallest absolute Gasteiger partial charge is 0.271 e. The molecule has 2 rings (SSSR count). The van der Waals surface area contributed by atoms with E-state index in [1.807, 2.05) is 0 Å². The summed E-state index contributed by atoms with van der Waals surface area (Å²) in [5.41, 5.74) is 0.486. The number of non-ortho nitro benzene ring substituents is 1. The van der Waals surface area contributed by atoms with Crippen LogP contribution in [0.15, 0.2) is 42.5 Å². The lowest BCUT2D eigenvalue weighted by Gasteiger charge is -2.10. The highest BCUT2D eigenvalue weighted by Crippen LogP contribution is 2.26. The first-order chi connectivity index (χ1) is 12.4. The maximum atomic E-state index is 12.0. The standard InChI is InChI=1S/C17H16ClN3O5/c1-2-16(22)19-11-4-3-5-13(8-11)26-10-17(23)20-15-9-12(21(24)25)6-7-14(15)18/h3-9H,2,10H2,1H3,(H,19,22)(H,20,23). The Balaban J connectivity index is 1.97. The van der Waals surface area contributed by atoms with Gasteiger partial charge in [-0.3, -0.25) is 19.7 Å². The van der Waals surface area contributed by atoms with Gasteiger partial charge in [-0.15, -0.1) is 0 Å². The minimum atomic E-state index is -0.585. The molecule has 136 valence electrons. The van der Waals surface area contributed by atoms with E-state index < -0.39 is 10.8 Å². The van der Waals surface area contributed by atoms with Crippen molar-refractivity contribution in [3.63, 3.8) is 0 Å². The number of carbonyl (C=O) groups is 2. The Hall–Kier alpha value is -3.13. The number of nitro benzene ring substituents is 1. The van der Waals surface area contributed by atoms with Crippen LogP contribution in [0, 0.1) is 10.1 Å². The fourth-order valence-corrected chi connectivity index (χ4v) is 2.14. The van der Waals surface area contributed by atoms with E-state index in [0.29, 0.717) is 17.9 Å². The lowest BCUT2D eigenvalue weighted by molar-refractivity contribution is -0.384. The molecule has 0 saturated carbocycles. The first-order valence-corrected chi connectivity index (χ1v) is 8.03. The molecule has 0 fully saturated rings. The lowest BCUT2D eigenvalue weighted by atomic mass is 10.2. The van der Waals surface area contributed by atoms with Crippen molar-refractivity contribution in [2.45, 2.75) is 13.3 Å². The quantitative estimate of drug-likeness (QED) is 0.565. The molecule has 8 nitrogen and oxygen atoms in total. The predicted molar refractivity (Wildman–Crippen MR) is 97.6 cm³/mol. The van der Waals surface area contributed by atoms with Crippen LogP contribution in [0.5, 0.6) is 5.75 Å². The van der Waals surface area contributed by atoms with Crippen LogP contribution in [0.1, 0.15) is 13.3 Å². The maximum Gasteiger partial charge on any atom is 0.271 e. The number of rotatable bonds is 7.